The molecule has 0 spiro atoms. The van der Waals surface area contributed by atoms with E-state index in [-0.39, 0.29) is 31.5 Å². The number of aliphatic hydroxyl groups is 1. The number of carbonyl (C=O) groups is 2. The van der Waals surface area contributed by atoms with E-state index < -0.39 is 11.8 Å². The first-order valence-corrected chi connectivity index (χ1v) is 6.31. The van der Waals surface area contributed by atoms with Gasteiger partial charge in [-0.15, -0.1) is 0 Å². The van der Waals surface area contributed by atoms with Crippen LogP contribution in [0.2, 0.25) is 0 Å². The number of benzene rings is 1. The lowest BCUT2D eigenvalue weighted by Crippen LogP contribution is -2.44. The van der Waals surface area contributed by atoms with Crippen molar-refractivity contribution in [2.75, 3.05) is 24.6 Å². The lowest BCUT2D eigenvalue weighted by atomic mass is 10.2. The summed E-state index contributed by atoms with van der Waals surface area (Å²) in [6.07, 6.45) is 0.170. The van der Waals surface area contributed by atoms with Crippen LogP contribution in [0.1, 0.15) is 6.42 Å². The topological polar surface area (TPSA) is 81.7 Å². The molecule has 20 heavy (non-hydrogen) atoms. The zero-order chi connectivity index (χ0) is 14.5. The highest BCUT2D eigenvalue weighted by Crippen LogP contribution is 2.22. The minimum Gasteiger partial charge on any atom is -0.395 e. The van der Waals surface area contributed by atoms with Gasteiger partial charge in [-0.05, 0) is 18.2 Å². The van der Waals surface area contributed by atoms with E-state index in [0.29, 0.717) is 12.2 Å². The molecule has 1 saturated heterocycles. The maximum atomic E-state index is 13.2. The van der Waals surface area contributed by atoms with Crippen molar-refractivity contribution in [2.45, 2.75) is 12.5 Å². The molecule has 1 unspecified atom stereocenters. The Morgan fingerprint density at radius 1 is 1.50 bits per heavy atom. The van der Waals surface area contributed by atoms with Crippen molar-refractivity contribution in [3.05, 3.63) is 30.1 Å². The fourth-order valence-electron chi connectivity index (χ4n) is 2.10. The summed E-state index contributed by atoms with van der Waals surface area (Å²) in [6.45, 7) is 0.307. The van der Waals surface area contributed by atoms with Gasteiger partial charge in [0.05, 0.1) is 12.6 Å². The lowest BCUT2D eigenvalue weighted by Gasteiger charge is -2.17. The zero-order valence-electron chi connectivity index (χ0n) is 10.8. The predicted octanol–water partition coefficient (Wildman–Crippen LogP) is 0.223. The molecule has 3 N–H and O–H groups in total. The van der Waals surface area contributed by atoms with Gasteiger partial charge in [0.15, 0.2) is 0 Å². The molecule has 1 fully saturated rings. The van der Waals surface area contributed by atoms with E-state index in [1.165, 1.54) is 23.1 Å². The molecule has 1 aliphatic rings. The molecule has 0 radical (unpaired) electrons. The monoisotopic (exact) mass is 281 g/mol. The van der Waals surface area contributed by atoms with Gasteiger partial charge in [-0.3, -0.25) is 4.79 Å². The molecule has 6 nitrogen and oxygen atoms in total. The van der Waals surface area contributed by atoms with Crippen molar-refractivity contribution in [3.63, 3.8) is 0 Å². The maximum Gasteiger partial charge on any atom is 0.315 e. The smallest absolute Gasteiger partial charge is 0.315 e. The van der Waals surface area contributed by atoms with Crippen molar-refractivity contribution in [1.29, 1.82) is 0 Å². The third-order valence-corrected chi connectivity index (χ3v) is 2.98. The Bertz CT molecular complexity index is 509. The first kappa shape index (κ1) is 14.3. The summed E-state index contributed by atoms with van der Waals surface area (Å²) >= 11 is 0. The van der Waals surface area contributed by atoms with Crippen molar-refractivity contribution in [1.82, 2.24) is 10.6 Å². The Balaban J connectivity index is 1.95. The normalized spacial score (nSPS) is 18.2. The van der Waals surface area contributed by atoms with E-state index in [2.05, 4.69) is 10.6 Å². The summed E-state index contributed by atoms with van der Waals surface area (Å²) < 4.78 is 13.2. The van der Waals surface area contributed by atoms with Gasteiger partial charge >= 0.3 is 6.03 Å². The highest BCUT2D eigenvalue weighted by molar-refractivity contribution is 5.96. The summed E-state index contributed by atoms with van der Waals surface area (Å²) in [4.78, 5) is 24.8. The highest BCUT2D eigenvalue weighted by Gasteiger charge is 2.31. The van der Waals surface area contributed by atoms with Crippen molar-refractivity contribution >= 4 is 17.6 Å². The largest absolute Gasteiger partial charge is 0.395 e. The molecule has 0 saturated carbocycles. The number of nitrogens with zero attached hydrogens (tertiary/aromatic N) is 1. The maximum absolute atomic E-state index is 13.2. The minimum atomic E-state index is -0.432. The summed E-state index contributed by atoms with van der Waals surface area (Å²) in [5.74, 6) is -0.574. The van der Waals surface area contributed by atoms with Crippen LogP contribution >= 0.6 is 0 Å². The van der Waals surface area contributed by atoms with Gasteiger partial charge in [0.1, 0.15) is 5.82 Å². The second-order valence-corrected chi connectivity index (χ2v) is 4.51. The quantitative estimate of drug-likeness (QED) is 0.738. The summed E-state index contributed by atoms with van der Waals surface area (Å²) in [5.41, 5.74) is 0.482. The van der Waals surface area contributed by atoms with E-state index in [1.807, 2.05) is 0 Å². The SMILES string of the molecule is O=C(NCCO)NC1CC(=O)N(c2cccc(F)c2)C1. The van der Waals surface area contributed by atoms with E-state index >= 15 is 0 Å². The third kappa shape index (κ3) is 3.45. The standard InChI is InChI=1S/C13H16FN3O3/c14-9-2-1-3-11(6-9)17-8-10(7-12(17)19)16-13(20)15-4-5-18/h1-3,6,10,18H,4-5,7-8H2,(H2,15,16,20). The van der Waals surface area contributed by atoms with Gasteiger partial charge in [0, 0.05) is 25.2 Å². The number of urea groups is 1. The van der Waals surface area contributed by atoms with Crippen molar-refractivity contribution in [3.8, 4) is 0 Å². The molecule has 1 heterocycles. The number of rotatable bonds is 4. The molecule has 0 aliphatic carbocycles. The van der Waals surface area contributed by atoms with Gasteiger partial charge in [-0.2, -0.15) is 0 Å². The number of nitrogens with one attached hydrogen (secondary N) is 2. The molecular formula is C13H16FN3O3. The third-order valence-electron chi connectivity index (χ3n) is 2.98. The molecular weight excluding hydrogens is 265 g/mol. The Kier molecular flexibility index (Phi) is 4.52. The highest BCUT2D eigenvalue weighted by atomic mass is 19.1. The van der Waals surface area contributed by atoms with Crippen LogP contribution in [0.4, 0.5) is 14.9 Å². The number of aliphatic hydroxyl groups excluding tert-OH is 1. The molecule has 3 amide bonds. The number of anilines is 1. The number of carbonyl (C=O) groups excluding carboxylic acids is 2. The van der Waals surface area contributed by atoms with E-state index in [1.54, 1.807) is 6.07 Å². The number of halogens is 1. The van der Waals surface area contributed by atoms with Gasteiger partial charge in [0.25, 0.3) is 0 Å². The van der Waals surface area contributed by atoms with Crippen molar-refractivity contribution in [2.24, 2.45) is 0 Å². The van der Waals surface area contributed by atoms with Crippen LogP contribution in [0.5, 0.6) is 0 Å². The number of hydrogen-bond donors (Lipinski definition) is 3. The second-order valence-electron chi connectivity index (χ2n) is 4.51. The van der Waals surface area contributed by atoms with Gasteiger partial charge < -0.3 is 20.6 Å². The van der Waals surface area contributed by atoms with Crippen LogP contribution in [0.25, 0.3) is 0 Å². The molecule has 2 rings (SSSR count). The van der Waals surface area contributed by atoms with Crippen LogP contribution in [-0.4, -0.2) is 42.8 Å². The van der Waals surface area contributed by atoms with Crippen molar-refractivity contribution < 1.29 is 19.1 Å². The van der Waals surface area contributed by atoms with Crippen LogP contribution in [0.3, 0.4) is 0 Å². The van der Waals surface area contributed by atoms with Crippen LogP contribution in [0.15, 0.2) is 24.3 Å². The van der Waals surface area contributed by atoms with Gasteiger partial charge in [0.2, 0.25) is 5.91 Å². The average Bonchev–Trinajstić information content (AvgIpc) is 2.77. The van der Waals surface area contributed by atoms with E-state index in [9.17, 15) is 14.0 Å². The number of amides is 3. The van der Waals surface area contributed by atoms with E-state index in [4.69, 9.17) is 5.11 Å². The summed E-state index contributed by atoms with van der Waals surface area (Å²) in [7, 11) is 0. The Morgan fingerprint density at radius 3 is 3.00 bits per heavy atom. The second kappa shape index (κ2) is 6.33. The van der Waals surface area contributed by atoms with Crippen LogP contribution in [0, 0.1) is 5.82 Å². The van der Waals surface area contributed by atoms with Gasteiger partial charge in [-0.25, -0.2) is 9.18 Å². The molecule has 1 aliphatic heterocycles. The fourth-order valence-corrected chi connectivity index (χ4v) is 2.10. The van der Waals surface area contributed by atoms with Crippen LogP contribution in [-0.2, 0) is 4.79 Å². The average molecular weight is 281 g/mol. The van der Waals surface area contributed by atoms with Gasteiger partial charge in [-0.1, -0.05) is 6.07 Å². The lowest BCUT2D eigenvalue weighted by molar-refractivity contribution is -0.117. The molecule has 0 aromatic heterocycles. The first-order chi connectivity index (χ1) is 9.60. The minimum absolute atomic E-state index is 0.146. The molecule has 1 aromatic carbocycles. The molecule has 7 heteroatoms. The summed E-state index contributed by atoms with van der Waals surface area (Å²) in [5, 5.41) is 13.7. The molecule has 108 valence electrons. The summed E-state index contributed by atoms with van der Waals surface area (Å²) in [6, 6.07) is 5.01. The Hall–Kier alpha value is -2.15. The molecule has 0 bridgehead atoms. The fraction of sp³-hybridized carbons (Fsp3) is 0.385. The Morgan fingerprint density at radius 2 is 2.30 bits per heavy atom. The number of hydrogen-bond acceptors (Lipinski definition) is 3. The molecule has 1 aromatic rings. The predicted molar refractivity (Wildman–Crippen MR) is 70.8 cm³/mol. The van der Waals surface area contributed by atoms with Crippen LogP contribution < -0.4 is 15.5 Å². The molecule has 1 atom stereocenters. The Labute approximate surface area is 115 Å². The first-order valence-electron chi connectivity index (χ1n) is 6.31. The van der Waals surface area contributed by atoms with E-state index in [0.717, 1.165) is 0 Å². The zero-order valence-corrected chi connectivity index (χ0v) is 10.8.